The Bertz CT molecular complexity index is 387. The van der Waals surface area contributed by atoms with E-state index >= 15 is 0 Å². The first-order chi connectivity index (χ1) is 9.43. The zero-order valence-electron chi connectivity index (χ0n) is 12.1. The summed E-state index contributed by atoms with van der Waals surface area (Å²) in [5, 5.41) is 21.7. The molecule has 0 spiro atoms. The van der Waals surface area contributed by atoms with E-state index in [4.69, 9.17) is 0 Å². The topological polar surface area (TPSA) is 89.9 Å². The number of carboxylic acids is 1. The number of nitrogens with zero attached hydrogens (tertiary/aromatic N) is 1. The number of urea groups is 1. The first kappa shape index (κ1) is 15.1. The van der Waals surface area contributed by atoms with Gasteiger partial charge in [0, 0.05) is 19.0 Å². The predicted octanol–water partition coefficient (Wildman–Crippen LogP) is 0.898. The van der Waals surface area contributed by atoms with Crippen molar-refractivity contribution in [3.05, 3.63) is 0 Å². The molecule has 5 atom stereocenters. The van der Waals surface area contributed by atoms with Crippen LogP contribution in [0.25, 0.3) is 0 Å². The van der Waals surface area contributed by atoms with Crippen LogP contribution in [0, 0.1) is 17.8 Å². The standard InChI is InChI=1S/C14H24N2O4/c1-3-8(2)12(13(18)19)15-14(20)16-6-9-4-5-11(17)10(9)7-16/h8-12,17H,3-7H2,1-2H3,(H,15,20)(H,18,19)/t8?,9?,10?,11?,12-/m0/s1. The molecule has 0 aromatic heterocycles. The number of rotatable bonds is 4. The quantitative estimate of drug-likeness (QED) is 0.715. The first-order valence-electron chi connectivity index (χ1n) is 7.40. The van der Waals surface area contributed by atoms with E-state index in [1.165, 1.54) is 0 Å². The van der Waals surface area contributed by atoms with E-state index in [1.54, 1.807) is 4.90 Å². The number of amides is 2. The Labute approximate surface area is 119 Å². The van der Waals surface area contributed by atoms with Crippen molar-refractivity contribution in [2.75, 3.05) is 13.1 Å². The van der Waals surface area contributed by atoms with Gasteiger partial charge in [-0.3, -0.25) is 0 Å². The van der Waals surface area contributed by atoms with Gasteiger partial charge in [-0.1, -0.05) is 20.3 Å². The number of aliphatic hydroxyl groups excluding tert-OH is 1. The lowest BCUT2D eigenvalue weighted by atomic mass is 9.99. The highest BCUT2D eigenvalue weighted by Crippen LogP contribution is 2.38. The molecule has 0 radical (unpaired) electrons. The minimum Gasteiger partial charge on any atom is -0.480 e. The second-order valence-corrected chi connectivity index (χ2v) is 6.12. The maximum absolute atomic E-state index is 12.2. The van der Waals surface area contributed by atoms with Crippen LogP contribution in [0.2, 0.25) is 0 Å². The van der Waals surface area contributed by atoms with Crippen LogP contribution in [0.4, 0.5) is 4.79 Å². The Morgan fingerprint density at radius 3 is 2.60 bits per heavy atom. The third-order valence-corrected chi connectivity index (χ3v) is 4.86. The van der Waals surface area contributed by atoms with E-state index in [0.717, 1.165) is 12.8 Å². The molecule has 6 nitrogen and oxygen atoms in total. The van der Waals surface area contributed by atoms with Crippen molar-refractivity contribution in [3.63, 3.8) is 0 Å². The van der Waals surface area contributed by atoms with E-state index < -0.39 is 12.0 Å². The van der Waals surface area contributed by atoms with Crippen LogP contribution in [0.5, 0.6) is 0 Å². The van der Waals surface area contributed by atoms with Crippen molar-refractivity contribution in [1.29, 1.82) is 0 Å². The fourth-order valence-corrected chi connectivity index (χ4v) is 3.31. The zero-order valence-corrected chi connectivity index (χ0v) is 12.1. The van der Waals surface area contributed by atoms with Crippen molar-refractivity contribution in [2.45, 2.75) is 45.3 Å². The molecule has 2 rings (SSSR count). The third-order valence-electron chi connectivity index (χ3n) is 4.86. The molecule has 20 heavy (non-hydrogen) atoms. The van der Waals surface area contributed by atoms with Crippen molar-refractivity contribution < 1.29 is 19.8 Å². The Hall–Kier alpha value is -1.30. The Kier molecular flexibility index (Phi) is 4.52. The van der Waals surface area contributed by atoms with E-state index in [9.17, 15) is 19.8 Å². The largest absolute Gasteiger partial charge is 0.480 e. The van der Waals surface area contributed by atoms with Crippen LogP contribution in [0.1, 0.15) is 33.1 Å². The lowest BCUT2D eigenvalue weighted by Crippen LogP contribution is -2.50. The van der Waals surface area contributed by atoms with E-state index in [2.05, 4.69) is 5.32 Å². The van der Waals surface area contributed by atoms with Crippen LogP contribution < -0.4 is 5.32 Å². The predicted molar refractivity (Wildman–Crippen MR) is 73.2 cm³/mol. The second kappa shape index (κ2) is 5.99. The van der Waals surface area contributed by atoms with Crippen LogP contribution in [-0.2, 0) is 4.79 Å². The molecule has 0 aromatic carbocycles. The lowest BCUT2D eigenvalue weighted by molar-refractivity contribution is -0.140. The van der Waals surface area contributed by atoms with Gasteiger partial charge in [0.25, 0.3) is 0 Å². The molecule has 1 aliphatic heterocycles. The summed E-state index contributed by atoms with van der Waals surface area (Å²) in [7, 11) is 0. The van der Waals surface area contributed by atoms with Gasteiger partial charge < -0.3 is 20.4 Å². The fourth-order valence-electron chi connectivity index (χ4n) is 3.31. The highest BCUT2D eigenvalue weighted by atomic mass is 16.4. The molecule has 3 N–H and O–H groups in total. The SMILES string of the molecule is CCC(C)[C@H](NC(=O)N1CC2CCC(O)C2C1)C(=O)O. The molecule has 0 aromatic rings. The molecule has 6 heteroatoms. The Morgan fingerprint density at radius 1 is 1.35 bits per heavy atom. The second-order valence-electron chi connectivity index (χ2n) is 6.12. The molecular formula is C14H24N2O4. The van der Waals surface area contributed by atoms with Crippen molar-refractivity contribution in [2.24, 2.45) is 17.8 Å². The number of hydrogen-bond donors (Lipinski definition) is 3. The molecule has 2 amide bonds. The summed E-state index contributed by atoms with van der Waals surface area (Å²) in [5.41, 5.74) is 0. The summed E-state index contributed by atoms with van der Waals surface area (Å²) in [6.45, 7) is 4.88. The molecule has 1 saturated carbocycles. The molecule has 114 valence electrons. The van der Waals surface area contributed by atoms with Gasteiger partial charge in [0.15, 0.2) is 0 Å². The summed E-state index contributed by atoms with van der Waals surface area (Å²) < 4.78 is 0. The summed E-state index contributed by atoms with van der Waals surface area (Å²) in [4.78, 5) is 25.1. The van der Waals surface area contributed by atoms with Crippen LogP contribution in [0.3, 0.4) is 0 Å². The van der Waals surface area contributed by atoms with E-state index in [0.29, 0.717) is 25.4 Å². The molecule has 0 bridgehead atoms. The average molecular weight is 284 g/mol. The number of fused-ring (bicyclic) bond motifs is 1. The van der Waals surface area contributed by atoms with Gasteiger partial charge in [0.2, 0.25) is 0 Å². The number of nitrogens with one attached hydrogen (secondary N) is 1. The molecule has 1 heterocycles. The lowest BCUT2D eigenvalue weighted by Gasteiger charge is -2.25. The number of aliphatic hydroxyl groups is 1. The number of carbonyl (C=O) groups excluding carboxylic acids is 1. The summed E-state index contributed by atoms with van der Waals surface area (Å²) in [6.07, 6.45) is 2.14. The Balaban J connectivity index is 1.93. The maximum Gasteiger partial charge on any atom is 0.326 e. The number of carbonyl (C=O) groups is 2. The third kappa shape index (κ3) is 2.90. The minimum atomic E-state index is -0.993. The smallest absolute Gasteiger partial charge is 0.326 e. The molecular weight excluding hydrogens is 260 g/mol. The van der Waals surface area contributed by atoms with Gasteiger partial charge >= 0.3 is 12.0 Å². The van der Waals surface area contributed by atoms with E-state index in [1.807, 2.05) is 13.8 Å². The zero-order chi connectivity index (χ0) is 14.9. The summed E-state index contributed by atoms with van der Waals surface area (Å²) in [6, 6.07) is -1.17. The Morgan fingerprint density at radius 2 is 2.05 bits per heavy atom. The normalized spacial score (nSPS) is 31.8. The number of aliphatic carboxylic acids is 1. The van der Waals surface area contributed by atoms with Gasteiger partial charge in [0.05, 0.1) is 6.10 Å². The number of hydrogen-bond acceptors (Lipinski definition) is 3. The maximum atomic E-state index is 12.2. The minimum absolute atomic E-state index is 0.107. The van der Waals surface area contributed by atoms with Crippen LogP contribution in [0.15, 0.2) is 0 Å². The highest BCUT2D eigenvalue weighted by Gasteiger charge is 2.43. The number of carboxylic acid groups (broad SMARTS) is 1. The van der Waals surface area contributed by atoms with Gasteiger partial charge in [0.1, 0.15) is 6.04 Å². The van der Waals surface area contributed by atoms with Crippen molar-refractivity contribution in [1.82, 2.24) is 10.2 Å². The molecule has 4 unspecified atom stereocenters. The van der Waals surface area contributed by atoms with Crippen molar-refractivity contribution in [3.8, 4) is 0 Å². The van der Waals surface area contributed by atoms with Gasteiger partial charge in [-0.05, 0) is 24.7 Å². The molecule has 1 saturated heterocycles. The summed E-state index contributed by atoms with van der Waals surface area (Å²) in [5.74, 6) is -0.577. The fraction of sp³-hybridized carbons (Fsp3) is 0.857. The monoisotopic (exact) mass is 284 g/mol. The molecule has 2 aliphatic rings. The molecule has 2 fully saturated rings. The average Bonchev–Trinajstić information content (AvgIpc) is 2.97. The first-order valence-corrected chi connectivity index (χ1v) is 7.40. The number of likely N-dealkylation sites (tertiary alicyclic amines) is 1. The van der Waals surface area contributed by atoms with E-state index in [-0.39, 0.29) is 24.0 Å². The molecule has 1 aliphatic carbocycles. The summed E-state index contributed by atoms with van der Waals surface area (Å²) >= 11 is 0. The van der Waals surface area contributed by atoms with Gasteiger partial charge in [-0.2, -0.15) is 0 Å². The van der Waals surface area contributed by atoms with Crippen LogP contribution in [-0.4, -0.2) is 52.3 Å². The van der Waals surface area contributed by atoms with Crippen molar-refractivity contribution >= 4 is 12.0 Å². The van der Waals surface area contributed by atoms with Gasteiger partial charge in [-0.25, -0.2) is 9.59 Å². The van der Waals surface area contributed by atoms with Gasteiger partial charge in [-0.15, -0.1) is 0 Å². The van der Waals surface area contributed by atoms with Crippen LogP contribution >= 0.6 is 0 Å². The highest BCUT2D eigenvalue weighted by molar-refractivity contribution is 5.83.